The number of hydrogen-bond donors (Lipinski definition) is 2. The summed E-state index contributed by atoms with van der Waals surface area (Å²) in [4.78, 5) is 23.7. The average molecular weight is 425 g/mol. The van der Waals surface area contributed by atoms with Crippen molar-refractivity contribution in [3.8, 4) is 0 Å². The fourth-order valence-electron chi connectivity index (χ4n) is 6.74. The first-order valence-electron chi connectivity index (χ1n) is 9.79. The highest BCUT2D eigenvalue weighted by Crippen LogP contribution is 2.72. The normalized spacial score (nSPS) is 49.9. The first-order valence-corrected chi connectivity index (χ1v) is 10.6. The topological polar surface area (TPSA) is 74.6 Å². The standard InChI is InChI=1S/C22H26Cl2O4/c1-12-8-16-15-5-4-13-9-14(26)6-7-19(13,2)21(15,24)17(23)10-20(16,3)22(12,28)18(27)11-25/h6-7,9,15-17,25,28H,1,4-5,8,10-11H2,2-3H3/t15-,16-,17-,19-,20-,21-,22-/m0/s1. The van der Waals surface area contributed by atoms with Crippen LogP contribution >= 0.6 is 23.2 Å². The molecule has 0 aromatic heterocycles. The molecule has 6 heteroatoms. The number of aliphatic hydroxyl groups is 2. The third kappa shape index (κ3) is 2.10. The van der Waals surface area contributed by atoms with E-state index in [0.29, 0.717) is 18.4 Å². The Hall–Kier alpha value is -0.940. The van der Waals surface area contributed by atoms with Gasteiger partial charge in [0.05, 0.1) is 10.3 Å². The van der Waals surface area contributed by atoms with E-state index in [0.717, 1.165) is 18.4 Å². The van der Waals surface area contributed by atoms with Crippen molar-refractivity contribution < 1.29 is 19.8 Å². The monoisotopic (exact) mass is 424 g/mol. The Morgan fingerprint density at radius 1 is 1.36 bits per heavy atom. The molecule has 0 amide bonds. The number of ketones is 2. The molecule has 4 aliphatic rings. The number of Topliss-reactive ketones (excluding diaryl/α,β-unsaturated/α-hetero) is 1. The highest BCUT2D eigenvalue weighted by Gasteiger charge is 2.73. The maximum absolute atomic E-state index is 12.6. The van der Waals surface area contributed by atoms with Gasteiger partial charge in [0, 0.05) is 10.8 Å². The minimum absolute atomic E-state index is 0.0323. The summed E-state index contributed by atoms with van der Waals surface area (Å²) in [6.07, 6.45) is 7.37. The first kappa shape index (κ1) is 20.3. The van der Waals surface area contributed by atoms with Crippen LogP contribution in [0.2, 0.25) is 0 Å². The van der Waals surface area contributed by atoms with Crippen LogP contribution in [0.4, 0.5) is 0 Å². The maximum Gasteiger partial charge on any atom is 0.194 e. The van der Waals surface area contributed by atoms with E-state index in [1.165, 1.54) is 0 Å². The summed E-state index contributed by atoms with van der Waals surface area (Å²) in [6.45, 7) is 7.18. The Morgan fingerprint density at radius 2 is 2.04 bits per heavy atom. The second-order valence-corrected chi connectivity index (χ2v) is 10.5. The van der Waals surface area contributed by atoms with Crippen LogP contribution in [0.3, 0.4) is 0 Å². The van der Waals surface area contributed by atoms with Crippen molar-refractivity contribution >= 4 is 34.8 Å². The third-order valence-corrected chi connectivity index (χ3v) is 9.89. The molecule has 0 aromatic carbocycles. The molecule has 0 unspecified atom stereocenters. The molecule has 7 atom stereocenters. The number of carbonyl (C=O) groups excluding carboxylic acids is 2. The second kappa shape index (κ2) is 6.04. The van der Waals surface area contributed by atoms with E-state index in [-0.39, 0.29) is 17.6 Å². The lowest BCUT2D eigenvalue weighted by molar-refractivity contribution is -0.156. The van der Waals surface area contributed by atoms with Crippen LogP contribution in [-0.4, -0.2) is 44.2 Å². The molecular formula is C22H26Cl2O4. The number of allylic oxidation sites excluding steroid dienone is 4. The Labute approximate surface area is 175 Å². The fraction of sp³-hybridized carbons (Fsp3) is 0.636. The van der Waals surface area contributed by atoms with Crippen molar-refractivity contribution in [3.05, 3.63) is 36.0 Å². The molecule has 28 heavy (non-hydrogen) atoms. The van der Waals surface area contributed by atoms with Gasteiger partial charge in [-0.2, -0.15) is 0 Å². The number of hydrogen-bond acceptors (Lipinski definition) is 4. The van der Waals surface area contributed by atoms with Gasteiger partial charge in [-0.3, -0.25) is 9.59 Å². The molecule has 4 nitrogen and oxygen atoms in total. The Balaban J connectivity index is 1.85. The number of aliphatic hydroxyl groups excluding tert-OH is 1. The van der Waals surface area contributed by atoms with E-state index in [2.05, 4.69) is 6.58 Å². The highest BCUT2D eigenvalue weighted by atomic mass is 35.5. The van der Waals surface area contributed by atoms with Gasteiger partial charge in [0.15, 0.2) is 17.2 Å². The molecule has 3 fully saturated rings. The third-order valence-electron chi connectivity index (χ3n) is 8.34. The van der Waals surface area contributed by atoms with E-state index in [1.807, 2.05) is 19.9 Å². The number of carbonyl (C=O) groups is 2. The van der Waals surface area contributed by atoms with Crippen molar-refractivity contribution in [2.24, 2.45) is 22.7 Å². The van der Waals surface area contributed by atoms with Crippen LogP contribution in [-0.2, 0) is 9.59 Å². The maximum atomic E-state index is 12.6. The number of rotatable bonds is 2. The summed E-state index contributed by atoms with van der Waals surface area (Å²) in [6, 6.07) is 0. The van der Waals surface area contributed by atoms with Crippen LogP contribution in [0.25, 0.3) is 0 Å². The van der Waals surface area contributed by atoms with Crippen molar-refractivity contribution in [1.82, 2.24) is 0 Å². The van der Waals surface area contributed by atoms with E-state index in [9.17, 15) is 19.8 Å². The summed E-state index contributed by atoms with van der Waals surface area (Å²) in [5, 5.41) is 20.4. The largest absolute Gasteiger partial charge is 0.388 e. The van der Waals surface area contributed by atoms with Crippen molar-refractivity contribution in [1.29, 1.82) is 0 Å². The SMILES string of the molecule is C=C1C[C@H]2[C@@H]3CCC4=CC(=O)C=C[C@]4(C)[C@@]3(Cl)[C@@H](Cl)C[C@]2(C)[C@@]1(O)C(=O)CO. The van der Waals surface area contributed by atoms with Gasteiger partial charge in [-0.05, 0) is 55.2 Å². The minimum atomic E-state index is -1.80. The van der Waals surface area contributed by atoms with Gasteiger partial charge in [0.2, 0.25) is 0 Å². The molecule has 0 spiro atoms. The van der Waals surface area contributed by atoms with Crippen LogP contribution in [0.15, 0.2) is 36.0 Å². The minimum Gasteiger partial charge on any atom is -0.388 e. The Kier molecular flexibility index (Phi) is 4.39. The lowest BCUT2D eigenvalue weighted by atomic mass is 9.46. The van der Waals surface area contributed by atoms with Crippen molar-refractivity contribution in [2.45, 2.75) is 55.4 Å². The fourth-order valence-corrected chi connectivity index (χ4v) is 7.97. The zero-order valence-corrected chi connectivity index (χ0v) is 17.7. The van der Waals surface area contributed by atoms with Gasteiger partial charge >= 0.3 is 0 Å². The molecule has 4 rings (SSSR count). The lowest BCUT2D eigenvalue weighted by Crippen LogP contribution is -2.67. The van der Waals surface area contributed by atoms with Crippen LogP contribution in [0, 0.1) is 22.7 Å². The van der Waals surface area contributed by atoms with E-state index in [1.54, 1.807) is 12.2 Å². The van der Waals surface area contributed by atoms with Crippen LogP contribution < -0.4 is 0 Å². The Bertz CT molecular complexity index is 847. The second-order valence-electron chi connectivity index (χ2n) is 9.32. The van der Waals surface area contributed by atoms with Crippen molar-refractivity contribution in [2.75, 3.05) is 6.61 Å². The van der Waals surface area contributed by atoms with E-state index < -0.39 is 39.1 Å². The van der Waals surface area contributed by atoms with Gasteiger partial charge in [-0.1, -0.05) is 32.1 Å². The molecule has 152 valence electrons. The molecular weight excluding hydrogens is 399 g/mol. The summed E-state index contributed by atoms with van der Waals surface area (Å²) < 4.78 is 0. The summed E-state index contributed by atoms with van der Waals surface area (Å²) in [5.41, 5.74) is -1.77. The summed E-state index contributed by atoms with van der Waals surface area (Å²) >= 11 is 14.4. The molecule has 0 aliphatic heterocycles. The van der Waals surface area contributed by atoms with Gasteiger partial charge < -0.3 is 10.2 Å². The van der Waals surface area contributed by atoms with E-state index >= 15 is 0 Å². The molecule has 0 heterocycles. The van der Waals surface area contributed by atoms with Crippen LogP contribution in [0.5, 0.6) is 0 Å². The lowest BCUT2D eigenvalue weighted by Gasteiger charge is -2.63. The zero-order chi connectivity index (χ0) is 20.7. The molecule has 3 saturated carbocycles. The molecule has 0 aromatic rings. The molecule has 0 bridgehead atoms. The van der Waals surface area contributed by atoms with Gasteiger partial charge in [0.1, 0.15) is 6.61 Å². The van der Waals surface area contributed by atoms with Crippen LogP contribution in [0.1, 0.15) is 39.5 Å². The number of halogens is 2. The Morgan fingerprint density at radius 3 is 2.68 bits per heavy atom. The molecule has 4 aliphatic carbocycles. The van der Waals surface area contributed by atoms with Gasteiger partial charge in [0.25, 0.3) is 0 Å². The van der Waals surface area contributed by atoms with Gasteiger partial charge in [-0.15, -0.1) is 23.2 Å². The molecule has 0 saturated heterocycles. The summed E-state index contributed by atoms with van der Waals surface area (Å²) in [7, 11) is 0. The quantitative estimate of drug-likeness (QED) is 0.526. The number of fused-ring (bicyclic) bond motifs is 5. The van der Waals surface area contributed by atoms with Crippen molar-refractivity contribution in [3.63, 3.8) is 0 Å². The average Bonchev–Trinajstić information content (AvgIpc) is 2.84. The van der Waals surface area contributed by atoms with Gasteiger partial charge in [-0.25, -0.2) is 0 Å². The zero-order valence-electron chi connectivity index (χ0n) is 16.2. The number of alkyl halides is 2. The van der Waals surface area contributed by atoms with E-state index in [4.69, 9.17) is 23.2 Å². The predicted octanol–water partition coefficient (Wildman–Crippen LogP) is 3.33. The first-order chi connectivity index (χ1) is 13.0. The molecule has 2 N–H and O–H groups in total. The smallest absolute Gasteiger partial charge is 0.194 e. The summed E-state index contributed by atoms with van der Waals surface area (Å²) in [5.74, 6) is -0.806. The molecule has 0 radical (unpaired) electrons. The highest BCUT2D eigenvalue weighted by molar-refractivity contribution is 6.34. The predicted molar refractivity (Wildman–Crippen MR) is 108 cm³/mol.